The lowest BCUT2D eigenvalue weighted by atomic mass is 10.1. The van der Waals surface area contributed by atoms with Crippen LogP contribution in [0, 0.1) is 6.92 Å². The lowest BCUT2D eigenvalue weighted by molar-refractivity contribution is -0.0228. The molecule has 140 valence electrons. The first-order valence-electron chi connectivity index (χ1n) is 8.79. The van der Waals surface area contributed by atoms with Gasteiger partial charge in [0.25, 0.3) is 10.1 Å². The van der Waals surface area contributed by atoms with E-state index in [2.05, 4.69) is 18.7 Å². The number of hydrogen-bond acceptors (Lipinski definition) is 5. The van der Waals surface area contributed by atoms with Gasteiger partial charge in [-0.1, -0.05) is 48.0 Å². The maximum Gasteiger partial charge on any atom is 0.297 e. The first-order chi connectivity index (χ1) is 12.4. The molecule has 0 spiro atoms. The Bertz CT molecular complexity index is 819. The second kappa shape index (κ2) is 7.88. The van der Waals surface area contributed by atoms with E-state index in [9.17, 15) is 8.42 Å². The zero-order valence-corrected chi connectivity index (χ0v) is 16.1. The van der Waals surface area contributed by atoms with Crippen molar-refractivity contribution >= 4 is 10.1 Å². The van der Waals surface area contributed by atoms with E-state index in [-0.39, 0.29) is 29.9 Å². The quantitative estimate of drug-likeness (QED) is 0.723. The van der Waals surface area contributed by atoms with Gasteiger partial charge in [-0.3, -0.25) is 9.08 Å². The van der Waals surface area contributed by atoms with Gasteiger partial charge in [0, 0.05) is 12.6 Å². The SMILES string of the molecule is Cc1ccc(S(=O)(=O)OC[C@H]2CN(C(C)C)[C@H](c3ccccc3)O2)cc1. The zero-order chi connectivity index (χ0) is 18.7. The highest BCUT2D eigenvalue weighted by atomic mass is 32.2. The van der Waals surface area contributed by atoms with E-state index in [4.69, 9.17) is 8.92 Å². The maximum atomic E-state index is 12.4. The van der Waals surface area contributed by atoms with Crippen LogP contribution >= 0.6 is 0 Å². The Kier molecular flexibility index (Phi) is 5.77. The number of nitrogens with zero attached hydrogens (tertiary/aromatic N) is 1. The van der Waals surface area contributed by atoms with Crippen LogP contribution in [0.4, 0.5) is 0 Å². The van der Waals surface area contributed by atoms with E-state index >= 15 is 0 Å². The Morgan fingerprint density at radius 1 is 1.12 bits per heavy atom. The Morgan fingerprint density at radius 3 is 2.38 bits per heavy atom. The molecule has 26 heavy (non-hydrogen) atoms. The highest BCUT2D eigenvalue weighted by molar-refractivity contribution is 7.86. The van der Waals surface area contributed by atoms with Crippen LogP contribution in [-0.2, 0) is 19.0 Å². The van der Waals surface area contributed by atoms with Crippen molar-refractivity contribution in [2.75, 3.05) is 13.2 Å². The number of hydrogen-bond donors (Lipinski definition) is 0. The Morgan fingerprint density at radius 2 is 1.77 bits per heavy atom. The molecule has 0 N–H and O–H groups in total. The third-order valence-corrected chi connectivity index (χ3v) is 5.80. The fourth-order valence-corrected chi connectivity index (χ4v) is 3.97. The number of aryl methyl sites for hydroxylation is 1. The smallest absolute Gasteiger partial charge is 0.297 e. The minimum Gasteiger partial charge on any atom is -0.352 e. The fraction of sp³-hybridized carbons (Fsp3) is 0.400. The monoisotopic (exact) mass is 375 g/mol. The predicted molar refractivity (Wildman–Crippen MR) is 100 cm³/mol. The molecule has 0 bridgehead atoms. The summed E-state index contributed by atoms with van der Waals surface area (Å²) in [5.41, 5.74) is 2.06. The van der Waals surface area contributed by atoms with E-state index in [1.54, 1.807) is 24.3 Å². The van der Waals surface area contributed by atoms with Gasteiger partial charge >= 0.3 is 0 Å². The second-order valence-electron chi connectivity index (χ2n) is 6.86. The molecule has 1 aliphatic rings. The van der Waals surface area contributed by atoms with Gasteiger partial charge in [0.1, 0.15) is 6.23 Å². The van der Waals surface area contributed by atoms with Crippen molar-refractivity contribution in [3.63, 3.8) is 0 Å². The molecule has 0 unspecified atom stereocenters. The van der Waals surface area contributed by atoms with Gasteiger partial charge in [-0.15, -0.1) is 0 Å². The Balaban J connectivity index is 1.68. The molecule has 0 saturated carbocycles. The summed E-state index contributed by atoms with van der Waals surface area (Å²) < 4.78 is 36.1. The molecule has 0 aliphatic carbocycles. The first-order valence-corrected chi connectivity index (χ1v) is 10.2. The summed E-state index contributed by atoms with van der Waals surface area (Å²) in [5, 5.41) is 0. The fourth-order valence-electron chi connectivity index (χ4n) is 3.03. The highest BCUT2D eigenvalue weighted by Crippen LogP contribution is 2.32. The van der Waals surface area contributed by atoms with E-state index in [1.165, 1.54) is 0 Å². The molecule has 1 aliphatic heterocycles. The molecule has 3 rings (SSSR count). The summed E-state index contributed by atoms with van der Waals surface area (Å²) in [6.07, 6.45) is -0.491. The average Bonchev–Trinajstić information content (AvgIpc) is 3.06. The Hall–Kier alpha value is -1.73. The molecule has 2 aromatic rings. The molecule has 2 atom stereocenters. The van der Waals surface area contributed by atoms with E-state index < -0.39 is 10.1 Å². The van der Waals surface area contributed by atoms with Crippen LogP contribution in [0.25, 0.3) is 0 Å². The molecule has 2 aromatic carbocycles. The average molecular weight is 375 g/mol. The normalized spacial score (nSPS) is 21.4. The van der Waals surface area contributed by atoms with E-state index in [0.29, 0.717) is 6.54 Å². The summed E-state index contributed by atoms with van der Waals surface area (Å²) in [5.74, 6) is 0. The van der Waals surface area contributed by atoms with Gasteiger partial charge in [0.05, 0.1) is 17.6 Å². The zero-order valence-electron chi connectivity index (χ0n) is 15.3. The van der Waals surface area contributed by atoms with Crippen LogP contribution < -0.4 is 0 Å². The van der Waals surface area contributed by atoms with Crippen LogP contribution in [0.1, 0.15) is 31.2 Å². The lowest BCUT2D eigenvalue weighted by Crippen LogP contribution is -2.32. The molecule has 0 aromatic heterocycles. The van der Waals surface area contributed by atoms with Crippen LogP contribution in [0.3, 0.4) is 0 Å². The molecule has 1 saturated heterocycles. The molecular weight excluding hydrogens is 350 g/mol. The number of ether oxygens (including phenoxy) is 1. The van der Waals surface area contributed by atoms with Crippen LogP contribution in [0.5, 0.6) is 0 Å². The molecule has 1 heterocycles. The highest BCUT2D eigenvalue weighted by Gasteiger charge is 2.36. The van der Waals surface area contributed by atoms with Gasteiger partial charge < -0.3 is 4.74 Å². The van der Waals surface area contributed by atoms with Gasteiger partial charge in [-0.2, -0.15) is 8.42 Å². The minimum atomic E-state index is -3.78. The third kappa shape index (κ3) is 4.32. The van der Waals surface area contributed by atoms with Crippen molar-refractivity contribution in [1.82, 2.24) is 4.90 Å². The standard InChI is InChI=1S/C20H25NO4S/c1-15(2)21-13-18(25-20(21)17-7-5-4-6-8-17)14-24-26(22,23)19-11-9-16(3)10-12-19/h4-12,15,18,20H,13-14H2,1-3H3/t18-,20+/m1/s1. The summed E-state index contributed by atoms with van der Waals surface area (Å²) >= 11 is 0. The first kappa shape index (κ1) is 19.0. The summed E-state index contributed by atoms with van der Waals surface area (Å²) in [7, 11) is -3.78. The van der Waals surface area contributed by atoms with E-state index in [1.807, 2.05) is 37.3 Å². The predicted octanol–water partition coefficient (Wildman–Crippen LogP) is 3.51. The molecule has 1 fully saturated rings. The van der Waals surface area contributed by atoms with Gasteiger partial charge in [0.2, 0.25) is 0 Å². The Labute approximate surface area is 155 Å². The second-order valence-corrected chi connectivity index (χ2v) is 8.48. The van der Waals surface area contributed by atoms with Crippen molar-refractivity contribution in [3.05, 3.63) is 65.7 Å². The summed E-state index contributed by atoms with van der Waals surface area (Å²) in [6.45, 7) is 6.74. The van der Waals surface area contributed by atoms with Crippen molar-refractivity contribution in [2.45, 2.75) is 44.0 Å². The van der Waals surface area contributed by atoms with Crippen molar-refractivity contribution < 1.29 is 17.3 Å². The van der Waals surface area contributed by atoms with Crippen molar-refractivity contribution in [1.29, 1.82) is 0 Å². The molecule has 0 radical (unpaired) electrons. The van der Waals surface area contributed by atoms with Crippen LogP contribution in [0.2, 0.25) is 0 Å². The maximum absolute atomic E-state index is 12.4. The van der Waals surface area contributed by atoms with Crippen molar-refractivity contribution in [3.8, 4) is 0 Å². The van der Waals surface area contributed by atoms with Gasteiger partial charge in [-0.25, -0.2) is 0 Å². The molecular formula is C20H25NO4S. The topological polar surface area (TPSA) is 55.8 Å². The van der Waals surface area contributed by atoms with E-state index in [0.717, 1.165) is 11.1 Å². The van der Waals surface area contributed by atoms with Crippen LogP contribution in [0.15, 0.2) is 59.5 Å². The van der Waals surface area contributed by atoms with Gasteiger partial charge in [0.15, 0.2) is 0 Å². The largest absolute Gasteiger partial charge is 0.352 e. The summed E-state index contributed by atoms with van der Waals surface area (Å²) in [4.78, 5) is 2.38. The molecule has 0 amide bonds. The number of rotatable bonds is 6. The minimum absolute atomic E-state index is 0.00274. The summed E-state index contributed by atoms with van der Waals surface area (Å²) in [6, 6.07) is 16.9. The third-order valence-electron chi connectivity index (χ3n) is 4.50. The van der Waals surface area contributed by atoms with Gasteiger partial charge in [-0.05, 0) is 38.5 Å². The molecule has 6 heteroatoms. The van der Waals surface area contributed by atoms with Crippen LogP contribution in [-0.4, -0.2) is 38.6 Å². The molecule has 5 nitrogen and oxygen atoms in total. The lowest BCUT2D eigenvalue weighted by Gasteiger charge is -2.26. The van der Waals surface area contributed by atoms with Crippen molar-refractivity contribution in [2.24, 2.45) is 0 Å². The number of benzene rings is 2.